The van der Waals surface area contributed by atoms with Crippen LogP contribution in [0, 0.1) is 6.92 Å². The Kier molecular flexibility index (Phi) is 9.40. The van der Waals surface area contributed by atoms with Crippen molar-refractivity contribution >= 4 is 39.2 Å². The summed E-state index contributed by atoms with van der Waals surface area (Å²) in [5.41, 5.74) is 9.20. The molecule has 5 aromatic carbocycles. The number of carbonyl (C=O) groups is 1. The van der Waals surface area contributed by atoms with Gasteiger partial charge in [-0.1, -0.05) is 113 Å². The summed E-state index contributed by atoms with van der Waals surface area (Å²) in [5.74, 6) is 0.392. The van der Waals surface area contributed by atoms with Gasteiger partial charge in [0.25, 0.3) is 0 Å². The van der Waals surface area contributed by atoms with E-state index in [2.05, 4.69) is 119 Å². The smallest absolute Gasteiger partial charge is 0.341 e. The highest BCUT2D eigenvalue weighted by Gasteiger charge is 2.08. The second-order valence-electron chi connectivity index (χ2n) is 9.57. The molecule has 0 spiro atoms. The average Bonchev–Trinajstić information content (AvgIpc) is 3.00. The van der Waals surface area contributed by atoms with E-state index in [0.29, 0.717) is 5.75 Å². The first-order valence-corrected chi connectivity index (χ1v) is 15.0. The number of thioether (sulfide) groups is 1. The standard InChI is InChI=1S/C36H29BrO3S/c1-25-23-33(19-20-35(25)40-24-36(38)39)41-22-21-34(31-15-17-32(37)18-16-31)30-13-11-29(12-14-30)28-9-7-27(8-10-28)26-5-3-2-4-6-26/h2-21,23H,22,24H2,1H3,(H,38,39). The van der Waals surface area contributed by atoms with Crippen LogP contribution in [0.4, 0.5) is 0 Å². The van der Waals surface area contributed by atoms with E-state index in [-0.39, 0.29) is 6.61 Å². The number of halogens is 1. The first kappa shape index (κ1) is 28.5. The van der Waals surface area contributed by atoms with Gasteiger partial charge in [0.05, 0.1) is 0 Å². The summed E-state index contributed by atoms with van der Waals surface area (Å²) in [6.45, 7) is 1.59. The Morgan fingerprint density at radius 1 is 0.756 bits per heavy atom. The number of benzene rings is 5. The Morgan fingerprint density at radius 3 is 1.85 bits per heavy atom. The molecule has 0 aromatic heterocycles. The summed E-state index contributed by atoms with van der Waals surface area (Å²) in [6.07, 6.45) is 2.27. The van der Waals surface area contributed by atoms with E-state index >= 15 is 0 Å². The van der Waals surface area contributed by atoms with Crippen molar-refractivity contribution in [3.05, 3.63) is 149 Å². The molecule has 0 unspecified atom stereocenters. The summed E-state index contributed by atoms with van der Waals surface area (Å²) in [6, 6.07) is 42.1. The fourth-order valence-electron chi connectivity index (χ4n) is 4.59. The molecule has 204 valence electrons. The minimum absolute atomic E-state index is 0.343. The Morgan fingerprint density at radius 2 is 1.29 bits per heavy atom. The summed E-state index contributed by atoms with van der Waals surface area (Å²) in [5, 5.41) is 8.88. The SMILES string of the molecule is Cc1cc(SCC=C(c2ccc(Br)cc2)c2ccc(-c3ccc(-c4ccccc4)cc3)cc2)ccc1OCC(=O)O. The lowest BCUT2D eigenvalue weighted by atomic mass is 9.95. The number of aliphatic carboxylic acids is 1. The van der Waals surface area contributed by atoms with Crippen LogP contribution in [0.25, 0.3) is 27.8 Å². The van der Waals surface area contributed by atoms with Crippen LogP contribution >= 0.6 is 27.7 Å². The predicted molar refractivity (Wildman–Crippen MR) is 174 cm³/mol. The zero-order chi connectivity index (χ0) is 28.6. The first-order valence-electron chi connectivity index (χ1n) is 13.3. The third kappa shape index (κ3) is 7.57. The molecule has 1 N–H and O–H groups in total. The van der Waals surface area contributed by atoms with Gasteiger partial charge in [0.15, 0.2) is 6.61 Å². The molecular weight excluding hydrogens is 592 g/mol. The first-order chi connectivity index (χ1) is 20.0. The highest BCUT2D eigenvalue weighted by Crippen LogP contribution is 2.31. The van der Waals surface area contributed by atoms with Crippen molar-refractivity contribution in [2.24, 2.45) is 0 Å². The van der Waals surface area contributed by atoms with Crippen LogP contribution in [-0.4, -0.2) is 23.4 Å². The maximum Gasteiger partial charge on any atom is 0.341 e. The maximum absolute atomic E-state index is 10.8. The van der Waals surface area contributed by atoms with Crippen molar-refractivity contribution in [3.63, 3.8) is 0 Å². The molecule has 0 saturated heterocycles. The van der Waals surface area contributed by atoms with Gasteiger partial charge in [-0.15, -0.1) is 11.8 Å². The lowest BCUT2D eigenvalue weighted by molar-refractivity contribution is -0.139. The van der Waals surface area contributed by atoms with Gasteiger partial charge in [-0.3, -0.25) is 0 Å². The van der Waals surface area contributed by atoms with E-state index in [0.717, 1.165) is 31.8 Å². The number of ether oxygens (including phenoxy) is 1. The lowest BCUT2D eigenvalue weighted by Crippen LogP contribution is -2.09. The predicted octanol–water partition coefficient (Wildman–Crippen LogP) is 9.78. The van der Waals surface area contributed by atoms with Crippen LogP contribution in [0.3, 0.4) is 0 Å². The molecule has 0 aliphatic rings. The lowest BCUT2D eigenvalue weighted by Gasteiger charge is -2.12. The van der Waals surface area contributed by atoms with E-state index in [1.165, 1.54) is 27.8 Å². The Bertz CT molecular complexity index is 1640. The molecule has 41 heavy (non-hydrogen) atoms. The number of carboxylic acids is 1. The Balaban J connectivity index is 1.34. The second-order valence-corrected chi connectivity index (χ2v) is 11.6. The van der Waals surface area contributed by atoms with Crippen molar-refractivity contribution in [2.75, 3.05) is 12.4 Å². The number of hydrogen-bond acceptors (Lipinski definition) is 3. The molecule has 0 amide bonds. The zero-order valence-corrected chi connectivity index (χ0v) is 25.0. The quantitative estimate of drug-likeness (QED) is 0.158. The van der Waals surface area contributed by atoms with Gasteiger partial charge in [-0.05, 0) is 81.8 Å². The minimum atomic E-state index is -0.984. The molecule has 0 heterocycles. The van der Waals surface area contributed by atoms with Gasteiger partial charge in [0.2, 0.25) is 0 Å². The van der Waals surface area contributed by atoms with E-state index in [4.69, 9.17) is 9.84 Å². The van der Waals surface area contributed by atoms with E-state index in [9.17, 15) is 4.79 Å². The highest BCUT2D eigenvalue weighted by atomic mass is 79.9. The Hall–Kier alpha value is -4.06. The highest BCUT2D eigenvalue weighted by molar-refractivity contribution is 9.10. The number of aryl methyl sites for hydroxylation is 1. The number of rotatable bonds is 10. The maximum atomic E-state index is 10.8. The molecular formula is C36H29BrO3S. The van der Waals surface area contributed by atoms with E-state index in [1.807, 2.05) is 31.2 Å². The number of carboxylic acid groups (broad SMARTS) is 1. The van der Waals surface area contributed by atoms with Crippen LogP contribution in [0.5, 0.6) is 5.75 Å². The van der Waals surface area contributed by atoms with Crippen LogP contribution < -0.4 is 4.74 Å². The van der Waals surface area contributed by atoms with Crippen LogP contribution in [-0.2, 0) is 4.79 Å². The van der Waals surface area contributed by atoms with Gasteiger partial charge in [0, 0.05) is 15.1 Å². The van der Waals surface area contributed by atoms with E-state index in [1.54, 1.807) is 11.8 Å². The Labute approximate surface area is 253 Å². The molecule has 0 radical (unpaired) electrons. The van der Waals surface area contributed by atoms with Crippen molar-refractivity contribution in [2.45, 2.75) is 11.8 Å². The molecule has 3 nitrogen and oxygen atoms in total. The van der Waals surface area contributed by atoms with Crippen molar-refractivity contribution in [1.82, 2.24) is 0 Å². The van der Waals surface area contributed by atoms with Gasteiger partial charge >= 0.3 is 5.97 Å². The topological polar surface area (TPSA) is 46.5 Å². The average molecular weight is 622 g/mol. The molecule has 5 aromatic rings. The zero-order valence-electron chi connectivity index (χ0n) is 22.6. The summed E-state index contributed by atoms with van der Waals surface area (Å²) in [4.78, 5) is 11.9. The molecule has 0 saturated carbocycles. The fourth-order valence-corrected chi connectivity index (χ4v) is 5.73. The fraction of sp³-hybridized carbons (Fsp3) is 0.0833. The molecule has 5 rings (SSSR count). The normalized spacial score (nSPS) is 11.3. The minimum Gasteiger partial charge on any atom is -0.482 e. The van der Waals surface area contributed by atoms with Crippen molar-refractivity contribution < 1.29 is 14.6 Å². The van der Waals surface area contributed by atoms with Crippen LogP contribution in [0.1, 0.15) is 16.7 Å². The second kappa shape index (κ2) is 13.5. The van der Waals surface area contributed by atoms with Gasteiger partial charge in [0.1, 0.15) is 5.75 Å². The molecule has 0 fully saturated rings. The monoisotopic (exact) mass is 620 g/mol. The van der Waals surface area contributed by atoms with Crippen LogP contribution in [0.15, 0.2) is 137 Å². The summed E-state index contributed by atoms with van der Waals surface area (Å²) in [7, 11) is 0. The van der Waals surface area contributed by atoms with Crippen LogP contribution in [0.2, 0.25) is 0 Å². The summed E-state index contributed by atoms with van der Waals surface area (Å²) >= 11 is 5.28. The third-order valence-corrected chi connectivity index (χ3v) is 8.16. The van der Waals surface area contributed by atoms with Crippen molar-refractivity contribution in [1.29, 1.82) is 0 Å². The van der Waals surface area contributed by atoms with Gasteiger partial charge in [-0.2, -0.15) is 0 Å². The third-order valence-electron chi connectivity index (χ3n) is 6.71. The molecule has 5 heteroatoms. The molecule has 0 bridgehead atoms. The molecule has 0 aliphatic heterocycles. The van der Waals surface area contributed by atoms with Gasteiger partial charge in [-0.25, -0.2) is 4.79 Å². The number of hydrogen-bond donors (Lipinski definition) is 1. The summed E-state index contributed by atoms with van der Waals surface area (Å²) < 4.78 is 6.41. The van der Waals surface area contributed by atoms with Gasteiger partial charge < -0.3 is 9.84 Å². The molecule has 0 aliphatic carbocycles. The largest absolute Gasteiger partial charge is 0.482 e. The van der Waals surface area contributed by atoms with E-state index < -0.39 is 5.97 Å². The van der Waals surface area contributed by atoms with Crippen molar-refractivity contribution in [3.8, 4) is 28.0 Å². The molecule has 0 atom stereocenters.